The molecule has 0 saturated heterocycles. The third-order valence-electron chi connectivity index (χ3n) is 3.23. The van der Waals surface area contributed by atoms with Crippen LogP contribution in [-0.4, -0.2) is 22.2 Å². The summed E-state index contributed by atoms with van der Waals surface area (Å²) in [5, 5.41) is 12.3. The number of nitrogens with zero attached hydrogens (tertiary/aromatic N) is 1. The summed E-state index contributed by atoms with van der Waals surface area (Å²) in [6, 6.07) is 5.39. The van der Waals surface area contributed by atoms with E-state index < -0.39 is 29.9 Å². The van der Waals surface area contributed by atoms with Gasteiger partial charge in [-0.1, -0.05) is 0 Å². The lowest BCUT2D eigenvalue weighted by Crippen LogP contribution is -2.44. The van der Waals surface area contributed by atoms with Crippen molar-refractivity contribution in [1.82, 2.24) is 4.98 Å². The molecule has 1 amide bonds. The van der Waals surface area contributed by atoms with Crippen LogP contribution < -0.4 is 5.32 Å². The zero-order valence-corrected chi connectivity index (χ0v) is 12.4. The van der Waals surface area contributed by atoms with Crippen LogP contribution in [0.3, 0.4) is 0 Å². The van der Waals surface area contributed by atoms with Crippen molar-refractivity contribution >= 4 is 11.6 Å². The first-order chi connectivity index (χ1) is 10.6. The molecule has 23 heavy (non-hydrogen) atoms. The lowest BCUT2D eigenvalue weighted by molar-refractivity contribution is -0.272. The van der Waals surface area contributed by atoms with Gasteiger partial charge >= 0.3 is 6.18 Å². The molecule has 0 spiro atoms. The minimum Gasteiger partial charge on any atom is -0.463 e. The van der Waals surface area contributed by atoms with E-state index in [1.807, 2.05) is 0 Å². The molecule has 0 fully saturated rings. The molecule has 2 rings (SSSR count). The highest BCUT2D eigenvalue weighted by molar-refractivity contribution is 5.91. The summed E-state index contributed by atoms with van der Waals surface area (Å²) in [6.07, 6.45) is -4.98. The zero-order chi connectivity index (χ0) is 17.3. The number of amides is 1. The third-order valence-corrected chi connectivity index (χ3v) is 3.23. The van der Waals surface area contributed by atoms with Gasteiger partial charge in [0.15, 0.2) is 0 Å². The molecule has 0 aromatic carbocycles. The Morgan fingerprint density at radius 3 is 2.43 bits per heavy atom. The van der Waals surface area contributed by atoms with Crippen molar-refractivity contribution in [3.8, 4) is 0 Å². The van der Waals surface area contributed by atoms with Gasteiger partial charge in [-0.05, 0) is 38.1 Å². The summed E-state index contributed by atoms with van der Waals surface area (Å²) in [5.41, 5.74) is -2.47. The number of nitrogens with one attached hydrogen (secondary N) is 1. The van der Waals surface area contributed by atoms with Crippen LogP contribution in [0.5, 0.6) is 0 Å². The molecule has 2 aromatic rings. The number of hydrogen-bond donors (Lipinski definition) is 2. The van der Waals surface area contributed by atoms with Crippen LogP contribution in [0.2, 0.25) is 0 Å². The molecule has 2 heterocycles. The Morgan fingerprint density at radius 2 is 1.96 bits per heavy atom. The van der Waals surface area contributed by atoms with E-state index in [9.17, 15) is 23.1 Å². The second-order valence-electron chi connectivity index (χ2n) is 5.18. The van der Waals surface area contributed by atoms with Crippen molar-refractivity contribution in [3.05, 3.63) is 47.7 Å². The average Bonchev–Trinajstić information content (AvgIpc) is 2.87. The monoisotopic (exact) mass is 328 g/mol. The number of carbonyl (C=O) groups excluding carboxylic acids is 1. The Hall–Kier alpha value is -2.35. The SMILES string of the molecule is Cc1ccc(NC(=O)CC(O)(c2ccc(C)o2)C(F)(F)F)cn1. The minimum absolute atomic E-state index is 0.200. The molecule has 1 atom stereocenters. The number of halogens is 3. The first-order valence-corrected chi connectivity index (χ1v) is 6.70. The Labute approximate surface area is 130 Å². The zero-order valence-electron chi connectivity index (χ0n) is 12.4. The number of furan rings is 1. The quantitative estimate of drug-likeness (QED) is 0.904. The molecule has 2 aromatic heterocycles. The Kier molecular flexibility index (Phi) is 4.46. The highest BCUT2D eigenvalue weighted by Crippen LogP contribution is 2.42. The van der Waals surface area contributed by atoms with Crippen LogP contribution in [0.1, 0.15) is 23.6 Å². The lowest BCUT2D eigenvalue weighted by atomic mass is 9.95. The second-order valence-corrected chi connectivity index (χ2v) is 5.18. The molecule has 1 unspecified atom stereocenters. The first-order valence-electron chi connectivity index (χ1n) is 6.70. The first kappa shape index (κ1) is 17.0. The Balaban J connectivity index is 2.21. The maximum atomic E-state index is 13.2. The van der Waals surface area contributed by atoms with Gasteiger partial charge in [-0.25, -0.2) is 0 Å². The Morgan fingerprint density at radius 1 is 1.26 bits per heavy atom. The summed E-state index contributed by atoms with van der Waals surface area (Å²) < 4.78 is 44.6. The largest absolute Gasteiger partial charge is 0.463 e. The smallest absolute Gasteiger partial charge is 0.425 e. The fourth-order valence-electron chi connectivity index (χ4n) is 1.96. The normalized spacial score (nSPS) is 14.3. The molecule has 2 N–H and O–H groups in total. The van der Waals surface area contributed by atoms with Gasteiger partial charge in [0.2, 0.25) is 11.5 Å². The molecule has 0 saturated carbocycles. The van der Waals surface area contributed by atoms with Crippen molar-refractivity contribution in [2.75, 3.05) is 5.32 Å². The summed E-state index contributed by atoms with van der Waals surface area (Å²) >= 11 is 0. The van der Waals surface area contributed by atoms with E-state index in [1.54, 1.807) is 13.0 Å². The molecule has 0 bridgehead atoms. The van der Waals surface area contributed by atoms with Crippen LogP contribution in [-0.2, 0) is 10.4 Å². The number of alkyl halides is 3. The fourth-order valence-corrected chi connectivity index (χ4v) is 1.96. The van der Waals surface area contributed by atoms with Crippen molar-refractivity contribution in [2.45, 2.75) is 32.0 Å². The van der Waals surface area contributed by atoms with Crippen LogP contribution in [0.25, 0.3) is 0 Å². The highest BCUT2D eigenvalue weighted by atomic mass is 19.4. The molecular formula is C15H15F3N2O3. The number of rotatable bonds is 4. The van der Waals surface area contributed by atoms with Gasteiger partial charge in [0, 0.05) is 5.69 Å². The number of aryl methyl sites for hydroxylation is 2. The predicted molar refractivity (Wildman–Crippen MR) is 75.6 cm³/mol. The third kappa shape index (κ3) is 3.70. The number of hydrogen-bond acceptors (Lipinski definition) is 4. The molecule has 124 valence electrons. The molecule has 0 aliphatic carbocycles. The standard InChI is InChI=1S/C15H15F3N2O3/c1-9-3-5-11(8-19-9)20-13(21)7-14(22,15(16,17)18)12-6-4-10(2)23-12/h3-6,8,22H,7H2,1-2H3,(H,20,21). The van der Waals surface area contributed by atoms with Crippen LogP contribution in [0, 0.1) is 13.8 Å². The fraction of sp³-hybridized carbons (Fsp3) is 0.333. The van der Waals surface area contributed by atoms with Crippen molar-refractivity contribution in [2.24, 2.45) is 0 Å². The Bertz CT molecular complexity index is 695. The van der Waals surface area contributed by atoms with Crippen LogP contribution in [0.15, 0.2) is 34.9 Å². The van der Waals surface area contributed by atoms with Gasteiger partial charge in [-0.3, -0.25) is 9.78 Å². The number of anilines is 1. The summed E-state index contributed by atoms with van der Waals surface area (Å²) in [5.74, 6) is -1.53. The van der Waals surface area contributed by atoms with Crippen LogP contribution in [0.4, 0.5) is 18.9 Å². The molecule has 0 aliphatic rings. The number of pyridine rings is 1. The number of carbonyl (C=O) groups is 1. The van der Waals surface area contributed by atoms with E-state index in [-0.39, 0.29) is 11.4 Å². The highest BCUT2D eigenvalue weighted by Gasteiger charge is 2.58. The van der Waals surface area contributed by atoms with Gasteiger partial charge in [-0.15, -0.1) is 0 Å². The average molecular weight is 328 g/mol. The molecule has 0 radical (unpaired) electrons. The van der Waals surface area contributed by atoms with Crippen molar-refractivity contribution in [3.63, 3.8) is 0 Å². The second kappa shape index (κ2) is 6.04. The van der Waals surface area contributed by atoms with E-state index in [0.717, 1.165) is 6.07 Å². The van der Waals surface area contributed by atoms with E-state index >= 15 is 0 Å². The predicted octanol–water partition coefficient (Wildman–Crippen LogP) is 3.07. The van der Waals surface area contributed by atoms with Gasteiger partial charge in [0.25, 0.3) is 0 Å². The minimum atomic E-state index is -5.07. The van der Waals surface area contributed by atoms with Gasteiger partial charge in [0.05, 0.1) is 18.3 Å². The topological polar surface area (TPSA) is 75.4 Å². The maximum absolute atomic E-state index is 13.2. The van der Waals surface area contributed by atoms with E-state index in [1.165, 1.54) is 25.3 Å². The summed E-state index contributed by atoms with van der Waals surface area (Å²) in [6.45, 7) is 3.17. The van der Waals surface area contributed by atoms with Gasteiger partial charge in [-0.2, -0.15) is 13.2 Å². The van der Waals surface area contributed by atoms with Crippen LogP contribution >= 0.6 is 0 Å². The van der Waals surface area contributed by atoms with E-state index in [4.69, 9.17) is 4.42 Å². The maximum Gasteiger partial charge on any atom is 0.425 e. The molecular weight excluding hydrogens is 313 g/mol. The summed E-state index contributed by atoms with van der Waals surface area (Å²) in [7, 11) is 0. The van der Waals surface area contributed by atoms with Gasteiger partial charge < -0.3 is 14.8 Å². The van der Waals surface area contributed by atoms with E-state index in [2.05, 4.69) is 10.3 Å². The number of aliphatic hydroxyl groups is 1. The van der Waals surface area contributed by atoms with Crippen molar-refractivity contribution in [1.29, 1.82) is 0 Å². The lowest BCUT2D eigenvalue weighted by Gasteiger charge is -2.27. The molecule has 5 nitrogen and oxygen atoms in total. The number of aromatic nitrogens is 1. The van der Waals surface area contributed by atoms with Crippen molar-refractivity contribution < 1.29 is 27.5 Å². The van der Waals surface area contributed by atoms with E-state index in [0.29, 0.717) is 5.69 Å². The molecule has 8 heteroatoms. The van der Waals surface area contributed by atoms with Gasteiger partial charge in [0.1, 0.15) is 11.5 Å². The summed E-state index contributed by atoms with van der Waals surface area (Å²) in [4.78, 5) is 15.8. The molecule has 0 aliphatic heterocycles.